The average Bonchev–Trinajstić information content (AvgIpc) is 3.40. The van der Waals surface area contributed by atoms with Crippen LogP contribution in [0.4, 0.5) is 0 Å². The van der Waals surface area contributed by atoms with E-state index in [1.807, 2.05) is 30.3 Å². The zero-order valence-electron chi connectivity index (χ0n) is 23.4. The van der Waals surface area contributed by atoms with Crippen LogP contribution in [0.2, 0.25) is 0 Å². The third-order valence-electron chi connectivity index (χ3n) is 7.13. The number of hydrogen-bond acceptors (Lipinski definition) is 13. The first-order chi connectivity index (χ1) is 19.8. The van der Waals surface area contributed by atoms with E-state index in [4.69, 9.17) is 47.6 Å². The normalized spacial score (nSPS) is 38.8. The third-order valence-corrected chi connectivity index (χ3v) is 7.59. The van der Waals surface area contributed by atoms with Crippen LogP contribution in [-0.4, -0.2) is 104 Å². The molecule has 0 saturated carbocycles. The van der Waals surface area contributed by atoms with Gasteiger partial charge in [0.15, 0.2) is 24.2 Å². The van der Waals surface area contributed by atoms with Crippen molar-refractivity contribution in [1.29, 1.82) is 0 Å². The van der Waals surface area contributed by atoms with Crippen molar-refractivity contribution in [3.8, 4) is 0 Å². The summed E-state index contributed by atoms with van der Waals surface area (Å²) in [6.07, 6.45) is -9.40. The molecule has 16 nitrogen and oxygen atoms in total. The molecule has 0 amide bonds. The van der Waals surface area contributed by atoms with Gasteiger partial charge in [-0.2, -0.15) is 8.42 Å². The summed E-state index contributed by atoms with van der Waals surface area (Å²) in [5.41, 5.74) is 9.99. The Kier molecular flexibility index (Phi) is 9.14. The first-order valence-electron chi connectivity index (χ1n) is 13.4. The minimum Gasteiger partial charge on any atom is -0.390 e. The highest BCUT2D eigenvalue weighted by atomic mass is 32.3. The summed E-state index contributed by atoms with van der Waals surface area (Å²) >= 11 is 0. The van der Waals surface area contributed by atoms with Crippen LogP contribution in [0.1, 0.15) is 33.3 Å². The van der Waals surface area contributed by atoms with E-state index >= 15 is 0 Å². The Morgan fingerprint density at radius 2 is 1.62 bits per heavy atom. The van der Waals surface area contributed by atoms with Crippen molar-refractivity contribution < 1.29 is 60.2 Å². The Labute approximate surface area is 242 Å². The van der Waals surface area contributed by atoms with E-state index < -0.39 is 83.3 Å². The summed E-state index contributed by atoms with van der Waals surface area (Å²) in [4.78, 5) is 2.74. The van der Waals surface area contributed by atoms with E-state index in [-0.39, 0.29) is 19.8 Å². The molecule has 10 atom stereocenters. The van der Waals surface area contributed by atoms with Gasteiger partial charge < -0.3 is 43.0 Å². The molecule has 4 aliphatic heterocycles. The number of nitrogens with zero attached hydrogens (tertiary/aromatic N) is 3. The molecule has 4 aliphatic rings. The van der Waals surface area contributed by atoms with Gasteiger partial charge in [-0.25, -0.2) is 4.18 Å². The van der Waals surface area contributed by atoms with Gasteiger partial charge in [0, 0.05) is 4.91 Å². The highest BCUT2D eigenvalue weighted by Gasteiger charge is 2.61. The molecule has 0 aliphatic carbocycles. The summed E-state index contributed by atoms with van der Waals surface area (Å²) in [5, 5.41) is 14.6. The fraction of sp³-hybridized carbons (Fsp3) is 0.760. The molecule has 2 N–H and O–H groups in total. The van der Waals surface area contributed by atoms with Crippen molar-refractivity contribution in [2.75, 3.05) is 13.2 Å². The van der Waals surface area contributed by atoms with Crippen molar-refractivity contribution in [3.63, 3.8) is 0 Å². The van der Waals surface area contributed by atoms with Gasteiger partial charge in [0.2, 0.25) is 0 Å². The first-order valence-corrected chi connectivity index (χ1v) is 14.8. The van der Waals surface area contributed by atoms with Gasteiger partial charge in [-0.05, 0) is 38.8 Å². The first kappa shape index (κ1) is 31.5. The van der Waals surface area contributed by atoms with Gasteiger partial charge in [-0.1, -0.05) is 35.4 Å². The number of azide groups is 1. The summed E-state index contributed by atoms with van der Waals surface area (Å²) < 4.78 is 85.1. The van der Waals surface area contributed by atoms with Gasteiger partial charge in [-0.15, -0.1) is 0 Å². The monoisotopic (exact) mass is 617 g/mol. The third kappa shape index (κ3) is 7.22. The molecule has 0 unspecified atom stereocenters. The summed E-state index contributed by atoms with van der Waals surface area (Å²) in [6, 6.07) is 7.66. The van der Waals surface area contributed by atoms with Crippen molar-refractivity contribution in [3.05, 3.63) is 46.3 Å². The molecule has 5 rings (SSSR count). The topological polar surface area (TPSA) is 206 Å². The van der Waals surface area contributed by atoms with Crippen molar-refractivity contribution in [1.82, 2.24) is 0 Å². The zero-order valence-corrected chi connectivity index (χ0v) is 24.2. The highest BCUT2D eigenvalue weighted by molar-refractivity contribution is 7.80. The number of benzene rings is 1. The Balaban J connectivity index is 1.32. The predicted molar refractivity (Wildman–Crippen MR) is 139 cm³/mol. The minimum atomic E-state index is -5.04. The zero-order chi connectivity index (χ0) is 30.3. The lowest BCUT2D eigenvalue weighted by Gasteiger charge is -2.43. The molecule has 0 spiro atoms. The molecule has 17 heteroatoms. The van der Waals surface area contributed by atoms with Crippen LogP contribution in [0.5, 0.6) is 0 Å². The largest absolute Gasteiger partial charge is 0.397 e. The van der Waals surface area contributed by atoms with Crippen LogP contribution >= 0.6 is 0 Å². The van der Waals surface area contributed by atoms with Crippen LogP contribution in [-0.2, 0) is 59.1 Å². The lowest BCUT2D eigenvalue weighted by molar-refractivity contribution is -0.289. The smallest absolute Gasteiger partial charge is 0.390 e. The molecule has 0 aromatic heterocycles. The standard InChI is InChI=1S/C25H35N3O13S/c1-24(2)37-19-15(36-23-21(20(19)38-24)39-25(3,4)40-23)12-34-22-16(27-28-26)17(29)18(41-42(30,31)32)14(35-22)11-33-10-13-8-6-5-7-9-13/h5-9,14-23,29H,10-12H2,1-4H3,(H,30,31,32)/t14-,15-,16-,17-,18+,19+,20+,21-,22-,23-/m1/s1. The van der Waals surface area contributed by atoms with E-state index in [9.17, 15) is 18.1 Å². The Morgan fingerprint density at radius 3 is 2.31 bits per heavy atom. The van der Waals surface area contributed by atoms with Gasteiger partial charge in [0.05, 0.1) is 25.9 Å². The molecule has 0 bridgehead atoms. The number of aliphatic hydroxyl groups is 1. The molecule has 4 heterocycles. The number of rotatable bonds is 10. The molecule has 42 heavy (non-hydrogen) atoms. The molecule has 1 aromatic rings. The minimum absolute atomic E-state index is 0.133. The second-order valence-electron chi connectivity index (χ2n) is 11.3. The van der Waals surface area contributed by atoms with Gasteiger partial charge >= 0.3 is 10.4 Å². The van der Waals surface area contributed by atoms with Crippen molar-refractivity contribution in [2.45, 2.75) is 107 Å². The number of hydrogen-bond donors (Lipinski definition) is 2. The van der Waals surface area contributed by atoms with E-state index in [0.717, 1.165) is 5.56 Å². The van der Waals surface area contributed by atoms with Crippen LogP contribution in [0, 0.1) is 0 Å². The van der Waals surface area contributed by atoms with Gasteiger partial charge in [0.25, 0.3) is 0 Å². The lowest BCUT2D eigenvalue weighted by Crippen LogP contribution is -2.61. The molecule has 4 fully saturated rings. The van der Waals surface area contributed by atoms with Crippen molar-refractivity contribution >= 4 is 10.4 Å². The van der Waals surface area contributed by atoms with E-state index in [1.54, 1.807) is 27.7 Å². The van der Waals surface area contributed by atoms with E-state index in [0.29, 0.717) is 0 Å². The second kappa shape index (κ2) is 12.2. The predicted octanol–water partition coefficient (Wildman–Crippen LogP) is 1.57. The molecular weight excluding hydrogens is 582 g/mol. The molecule has 0 radical (unpaired) electrons. The Hall–Kier alpha value is -1.96. The highest BCUT2D eigenvalue weighted by Crippen LogP contribution is 2.44. The molecule has 234 valence electrons. The molecule has 4 saturated heterocycles. The summed E-state index contributed by atoms with van der Waals surface area (Å²) in [5.74, 6) is -1.88. The summed E-state index contributed by atoms with van der Waals surface area (Å²) in [6.45, 7) is 6.69. The van der Waals surface area contributed by atoms with Crippen LogP contribution < -0.4 is 0 Å². The summed E-state index contributed by atoms with van der Waals surface area (Å²) in [7, 11) is -5.04. The average molecular weight is 618 g/mol. The fourth-order valence-electron chi connectivity index (χ4n) is 5.50. The maximum atomic E-state index is 11.6. The lowest BCUT2D eigenvalue weighted by atomic mass is 9.97. The molecular formula is C25H35N3O13S. The fourth-order valence-corrected chi connectivity index (χ4v) is 6.02. The van der Waals surface area contributed by atoms with Crippen LogP contribution in [0.25, 0.3) is 10.4 Å². The number of ether oxygens (including phenoxy) is 8. The van der Waals surface area contributed by atoms with Gasteiger partial charge in [-0.3, -0.25) is 4.55 Å². The van der Waals surface area contributed by atoms with Crippen LogP contribution in [0.15, 0.2) is 35.4 Å². The quantitative estimate of drug-likeness (QED) is 0.166. The van der Waals surface area contributed by atoms with E-state index in [2.05, 4.69) is 10.0 Å². The van der Waals surface area contributed by atoms with Crippen molar-refractivity contribution in [2.24, 2.45) is 5.11 Å². The number of fused-ring (bicyclic) bond motifs is 3. The maximum absolute atomic E-state index is 11.6. The van der Waals surface area contributed by atoms with Crippen LogP contribution in [0.3, 0.4) is 0 Å². The Morgan fingerprint density at radius 1 is 0.952 bits per heavy atom. The Bertz CT molecular complexity index is 1250. The maximum Gasteiger partial charge on any atom is 0.397 e. The van der Waals surface area contributed by atoms with E-state index in [1.165, 1.54) is 0 Å². The SMILES string of the molecule is CC1(C)O[C@H]2[C@@H](O1)[C@@H](CO[C@@H]1O[C@H](COCc3ccccc3)[C@H](OS(=O)(=O)O)[C@H](O)[C@H]1N=[N+]=[N-])O[C@@H]1OC(C)(C)O[C@@H]12. The number of aliphatic hydroxyl groups excluding tert-OH is 1. The van der Waals surface area contributed by atoms with Gasteiger partial charge in [0.1, 0.15) is 42.7 Å². The second-order valence-corrected chi connectivity index (χ2v) is 12.3. The molecule has 1 aromatic carbocycles.